The van der Waals surface area contributed by atoms with Gasteiger partial charge in [-0.2, -0.15) is 0 Å². The van der Waals surface area contributed by atoms with Gasteiger partial charge in [0.1, 0.15) is 23.7 Å². The van der Waals surface area contributed by atoms with Crippen LogP contribution in [-0.2, 0) is 13.0 Å². The SMILES string of the molecule is Cc1ccc(CNCCOc2cccc3[nH]c(Cc4ccccc4)nc23)cc1. The zero-order valence-electron chi connectivity index (χ0n) is 16.1. The van der Waals surface area contributed by atoms with Gasteiger partial charge in [-0.15, -0.1) is 0 Å². The molecule has 1 heterocycles. The topological polar surface area (TPSA) is 49.9 Å². The number of nitrogens with one attached hydrogen (secondary N) is 2. The van der Waals surface area contributed by atoms with Gasteiger partial charge in [-0.25, -0.2) is 4.98 Å². The lowest BCUT2D eigenvalue weighted by Crippen LogP contribution is -2.20. The number of para-hydroxylation sites is 1. The summed E-state index contributed by atoms with van der Waals surface area (Å²) in [6.45, 7) is 4.33. The molecule has 4 rings (SSSR count). The standard InChI is InChI=1S/C24H25N3O/c1-18-10-12-20(13-11-18)17-25-14-15-28-22-9-5-8-21-24(22)27-23(26-21)16-19-6-3-2-4-7-19/h2-13,25H,14-17H2,1H3,(H,26,27). The van der Waals surface area contributed by atoms with Gasteiger partial charge in [-0.3, -0.25) is 0 Å². The van der Waals surface area contributed by atoms with Crippen molar-refractivity contribution < 1.29 is 4.74 Å². The molecule has 0 saturated heterocycles. The number of ether oxygens (including phenoxy) is 1. The molecule has 0 aliphatic rings. The number of rotatable bonds is 8. The number of benzene rings is 3. The smallest absolute Gasteiger partial charge is 0.147 e. The Morgan fingerprint density at radius 3 is 2.54 bits per heavy atom. The number of fused-ring (bicyclic) bond motifs is 1. The monoisotopic (exact) mass is 371 g/mol. The maximum atomic E-state index is 5.99. The van der Waals surface area contributed by atoms with Crippen LogP contribution < -0.4 is 10.1 Å². The molecule has 4 aromatic rings. The lowest BCUT2D eigenvalue weighted by Gasteiger charge is -2.08. The van der Waals surface area contributed by atoms with E-state index in [0.717, 1.165) is 42.1 Å². The summed E-state index contributed by atoms with van der Waals surface area (Å²) < 4.78 is 5.99. The van der Waals surface area contributed by atoms with E-state index in [-0.39, 0.29) is 0 Å². The van der Waals surface area contributed by atoms with Crippen molar-refractivity contribution in [2.45, 2.75) is 19.9 Å². The molecule has 0 aliphatic heterocycles. The normalized spacial score (nSPS) is 11.0. The largest absolute Gasteiger partial charge is 0.490 e. The Kier molecular flexibility index (Phi) is 5.69. The predicted octanol–water partition coefficient (Wildman–Crippen LogP) is 4.63. The van der Waals surface area contributed by atoms with Gasteiger partial charge in [0.15, 0.2) is 0 Å². The van der Waals surface area contributed by atoms with Crippen molar-refractivity contribution in [1.82, 2.24) is 15.3 Å². The average molecular weight is 371 g/mol. The molecule has 142 valence electrons. The van der Waals surface area contributed by atoms with E-state index in [0.29, 0.717) is 6.61 Å². The molecule has 0 spiro atoms. The molecule has 0 saturated carbocycles. The van der Waals surface area contributed by atoms with E-state index in [4.69, 9.17) is 9.72 Å². The summed E-state index contributed by atoms with van der Waals surface area (Å²) in [4.78, 5) is 8.17. The van der Waals surface area contributed by atoms with Crippen molar-refractivity contribution in [3.8, 4) is 5.75 Å². The molecule has 2 N–H and O–H groups in total. The van der Waals surface area contributed by atoms with Gasteiger partial charge < -0.3 is 15.0 Å². The van der Waals surface area contributed by atoms with E-state index < -0.39 is 0 Å². The second kappa shape index (κ2) is 8.72. The number of imidazole rings is 1. The zero-order chi connectivity index (χ0) is 19.2. The highest BCUT2D eigenvalue weighted by Gasteiger charge is 2.09. The van der Waals surface area contributed by atoms with Crippen LogP contribution in [0.2, 0.25) is 0 Å². The number of H-pyrrole nitrogens is 1. The molecular weight excluding hydrogens is 346 g/mol. The van der Waals surface area contributed by atoms with E-state index in [2.05, 4.69) is 65.8 Å². The molecule has 0 bridgehead atoms. The molecule has 28 heavy (non-hydrogen) atoms. The number of aryl methyl sites for hydroxylation is 1. The summed E-state index contributed by atoms with van der Waals surface area (Å²) in [6, 6.07) is 25.0. The van der Waals surface area contributed by atoms with Crippen molar-refractivity contribution in [2.75, 3.05) is 13.2 Å². The Balaban J connectivity index is 1.34. The van der Waals surface area contributed by atoms with E-state index >= 15 is 0 Å². The van der Waals surface area contributed by atoms with Crippen LogP contribution in [-0.4, -0.2) is 23.1 Å². The molecule has 4 heteroatoms. The van der Waals surface area contributed by atoms with Gasteiger partial charge in [0, 0.05) is 19.5 Å². The van der Waals surface area contributed by atoms with Gasteiger partial charge in [0.25, 0.3) is 0 Å². The summed E-state index contributed by atoms with van der Waals surface area (Å²) in [5.41, 5.74) is 5.71. The second-order valence-electron chi connectivity index (χ2n) is 7.01. The first-order chi connectivity index (χ1) is 13.8. The maximum Gasteiger partial charge on any atom is 0.147 e. The summed E-state index contributed by atoms with van der Waals surface area (Å²) in [5.74, 6) is 1.78. The third-order valence-corrected chi connectivity index (χ3v) is 4.73. The Bertz CT molecular complexity index is 1020. The fraction of sp³-hybridized carbons (Fsp3) is 0.208. The number of aromatic amines is 1. The van der Waals surface area contributed by atoms with Crippen LogP contribution in [0.25, 0.3) is 11.0 Å². The molecule has 3 aromatic carbocycles. The van der Waals surface area contributed by atoms with Gasteiger partial charge >= 0.3 is 0 Å². The Labute approximate surface area is 165 Å². The van der Waals surface area contributed by atoms with E-state index in [9.17, 15) is 0 Å². The second-order valence-corrected chi connectivity index (χ2v) is 7.01. The summed E-state index contributed by atoms with van der Waals surface area (Å²) in [6.07, 6.45) is 0.785. The van der Waals surface area contributed by atoms with E-state index in [1.54, 1.807) is 0 Å². The summed E-state index contributed by atoms with van der Waals surface area (Å²) >= 11 is 0. The Hall–Kier alpha value is -3.11. The minimum Gasteiger partial charge on any atom is -0.490 e. The Morgan fingerprint density at radius 2 is 1.71 bits per heavy atom. The van der Waals surface area contributed by atoms with Crippen LogP contribution in [0.5, 0.6) is 5.75 Å². The van der Waals surface area contributed by atoms with Gasteiger partial charge in [-0.05, 0) is 30.2 Å². The zero-order valence-corrected chi connectivity index (χ0v) is 16.1. The van der Waals surface area contributed by atoms with Crippen LogP contribution in [0, 0.1) is 6.92 Å². The highest BCUT2D eigenvalue weighted by Crippen LogP contribution is 2.24. The minimum atomic E-state index is 0.603. The van der Waals surface area contributed by atoms with Crippen LogP contribution in [0.1, 0.15) is 22.5 Å². The molecule has 0 atom stereocenters. The summed E-state index contributed by atoms with van der Waals surface area (Å²) in [5, 5.41) is 3.42. The molecule has 1 aromatic heterocycles. The highest BCUT2D eigenvalue weighted by molar-refractivity contribution is 5.81. The number of aromatic nitrogens is 2. The molecule has 4 nitrogen and oxygen atoms in total. The number of hydrogen-bond acceptors (Lipinski definition) is 3. The van der Waals surface area contributed by atoms with E-state index in [1.165, 1.54) is 16.7 Å². The minimum absolute atomic E-state index is 0.603. The van der Waals surface area contributed by atoms with E-state index in [1.807, 2.05) is 24.3 Å². The summed E-state index contributed by atoms with van der Waals surface area (Å²) in [7, 11) is 0. The van der Waals surface area contributed by atoms with Crippen molar-refractivity contribution in [3.63, 3.8) is 0 Å². The maximum absolute atomic E-state index is 5.99. The van der Waals surface area contributed by atoms with Crippen LogP contribution in [0.15, 0.2) is 72.8 Å². The molecular formula is C24H25N3O. The van der Waals surface area contributed by atoms with Gasteiger partial charge in [-0.1, -0.05) is 66.2 Å². The number of nitrogens with zero attached hydrogens (tertiary/aromatic N) is 1. The van der Waals surface area contributed by atoms with Crippen LogP contribution in [0.4, 0.5) is 0 Å². The first-order valence-corrected chi connectivity index (χ1v) is 9.68. The predicted molar refractivity (Wildman–Crippen MR) is 114 cm³/mol. The van der Waals surface area contributed by atoms with Crippen molar-refractivity contribution in [3.05, 3.63) is 95.3 Å². The van der Waals surface area contributed by atoms with Crippen molar-refractivity contribution in [1.29, 1.82) is 0 Å². The average Bonchev–Trinajstić information content (AvgIpc) is 3.13. The fourth-order valence-electron chi connectivity index (χ4n) is 3.22. The lowest BCUT2D eigenvalue weighted by molar-refractivity contribution is 0.316. The lowest BCUT2D eigenvalue weighted by atomic mass is 10.1. The van der Waals surface area contributed by atoms with Crippen LogP contribution in [0.3, 0.4) is 0 Å². The Morgan fingerprint density at radius 1 is 0.893 bits per heavy atom. The van der Waals surface area contributed by atoms with Crippen molar-refractivity contribution >= 4 is 11.0 Å². The first kappa shape index (κ1) is 18.3. The molecule has 0 aliphatic carbocycles. The quantitative estimate of drug-likeness (QED) is 0.444. The fourth-order valence-corrected chi connectivity index (χ4v) is 3.22. The first-order valence-electron chi connectivity index (χ1n) is 9.68. The molecule has 0 fully saturated rings. The van der Waals surface area contributed by atoms with Crippen molar-refractivity contribution in [2.24, 2.45) is 0 Å². The molecule has 0 amide bonds. The molecule has 0 radical (unpaired) electrons. The van der Waals surface area contributed by atoms with Gasteiger partial charge in [0.2, 0.25) is 0 Å². The molecule has 0 unspecified atom stereocenters. The third-order valence-electron chi connectivity index (χ3n) is 4.73. The van der Waals surface area contributed by atoms with Crippen LogP contribution >= 0.6 is 0 Å². The number of hydrogen-bond donors (Lipinski definition) is 2. The van der Waals surface area contributed by atoms with Gasteiger partial charge in [0.05, 0.1) is 5.52 Å². The third kappa shape index (κ3) is 4.59. The highest BCUT2D eigenvalue weighted by atomic mass is 16.5.